The Hall–Kier alpha value is -0.610. The van der Waals surface area contributed by atoms with Crippen LogP contribution in [0.1, 0.15) is 41.5 Å². The summed E-state index contributed by atoms with van der Waals surface area (Å²) in [6, 6.07) is -0.0440. The van der Waals surface area contributed by atoms with Crippen LogP contribution in [-0.4, -0.2) is 42.8 Å². The molecule has 0 spiro atoms. The number of carbonyl (C=O) groups is 1. The predicted molar refractivity (Wildman–Crippen MR) is 77.8 cm³/mol. The molecule has 1 amide bonds. The number of amides is 1. The van der Waals surface area contributed by atoms with Crippen molar-refractivity contribution in [2.24, 2.45) is 17.8 Å². The molecule has 0 aromatic rings. The van der Waals surface area contributed by atoms with Gasteiger partial charge in [-0.1, -0.05) is 41.5 Å². The monoisotopic (exact) mass is 270 g/mol. The summed E-state index contributed by atoms with van der Waals surface area (Å²) in [6.45, 7) is 14.8. The molecule has 1 heterocycles. The SMILES string of the molecule is CC(C)COCCN1C(=O)C(C(C)C)NC1C(C)C. The van der Waals surface area contributed by atoms with E-state index < -0.39 is 0 Å². The fourth-order valence-electron chi connectivity index (χ4n) is 2.42. The summed E-state index contributed by atoms with van der Waals surface area (Å²) in [4.78, 5) is 14.4. The third-order valence-corrected chi connectivity index (χ3v) is 3.46. The normalized spacial score (nSPS) is 24.3. The zero-order chi connectivity index (χ0) is 14.6. The van der Waals surface area contributed by atoms with E-state index in [-0.39, 0.29) is 18.1 Å². The van der Waals surface area contributed by atoms with Gasteiger partial charge in [0, 0.05) is 13.2 Å². The summed E-state index contributed by atoms with van der Waals surface area (Å²) in [5, 5.41) is 3.46. The highest BCUT2D eigenvalue weighted by Crippen LogP contribution is 2.21. The lowest BCUT2D eigenvalue weighted by atomic mass is 10.1. The molecule has 19 heavy (non-hydrogen) atoms. The molecule has 0 aromatic heterocycles. The van der Waals surface area contributed by atoms with Crippen LogP contribution in [0.15, 0.2) is 0 Å². The van der Waals surface area contributed by atoms with Crippen LogP contribution in [0.5, 0.6) is 0 Å². The smallest absolute Gasteiger partial charge is 0.241 e. The number of rotatable bonds is 7. The summed E-state index contributed by atoms with van der Waals surface area (Å²) < 4.78 is 5.61. The van der Waals surface area contributed by atoms with Crippen molar-refractivity contribution in [3.05, 3.63) is 0 Å². The Morgan fingerprint density at radius 3 is 2.26 bits per heavy atom. The van der Waals surface area contributed by atoms with Crippen LogP contribution < -0.4 is 5.32 Å². The molecule has 0 aromatic carbocycles. The number of nitrogens with zero attached hydrogens (tertiary/aromatic N) is 1. The summed E-state index contributed by atoms with van der Waals surface area (Å²) in [6.07, 6.45) is 0.141. The molecule has 1 fully saturated rings. The van der Waals surface area contributed by atoms with Crippen molar-refractivity contribution in [3.8, 4) is 0 Å². The largest absolute Gasteiger partial charge is 0.379 e. The molecule has 0 radical (unpaired) electrons. The van der Waals surface area contributed by atoms with Gasteiger partial charge in [0.2, 0.25) is 5.91 Å². The molecule has 0 bridgehead atoms. The van der Waals surface area contributed by atoms with Crippen LogP contribution in [-0.2, 0) is 9.53 Å². The van der Waals surface area contributed by atoms with Gasteiger partial charge in [0.25, 0.3) is 0 Å². The van der Waals surface area contributed by atoms with E-state index in [4.69, 9.17) is 4.74 Å². The number of hydrogen-bond donors (Lipinski definition) is 1. The average Bonchev–Trinajstić information content (AvgIpc) is 2.62. The lowest BCUT2D eigenvalue weighted by molar-refractivity contribution is -0.132. The molecule has 0 saturated carbocycles. The number of hydrogen-bond acceptors (Lipinski definition) is 3. The zero-order valence-electron chi connectivity index (χ0n) is 13.3. The van der Waals surface area contributed by atoms with Gasteiger partial charge in [-0.3, -0.25) is 10.1 Å². The fourth-order valence-corrected chi connectivity index (χ4v) is 2.42. The van der Waals surface area contributed by atoms with Gasteiger partial charge in [-0.15, -0.1) is 0 Å². The van der Waals surface area contributed by atoms with Crippen LogP contribution in [0.3, 0.4) is 0 Å². The third kappa shape index (κ3) is 4.46. The molecule has 1 aliphatic rings. The van der Waals surface area contributed by atoms with Gasteiger partial charge in [0.15, 0.2) is 0 Å². The average molecular weight is 270 g/mol. The van der Waals surface area contributed by atoms with Crippen LogP contribution >= 0.6 is 0 Å². The zero-order valence-corrected chi connectivity index (χ0v) is 13.3. The van der Waals surface area contributed by atoms with E-state index in [1.165, 1.54) is 0 Å². The molecule has 2 atom stereocenters. The van der Waals surface area contributed by atoms with Crippen LogP contribution in [0.4, 0.5) is 0 Å². The van der Waals surface area contributed by atoms with Gasteiger partial charge in [0.05, 0.1) is 18.8 Å². The molecule has 4 heteroatoms. The summed E-state index contributed by atoms with van der Waals surface area (Å²) in [7, 11) is 0. The van der Waals surface area contributed by atoms with E-state index in [0.29, 0.717) is 30.9 Å². The Balaban J connectivity index is 2.54. The molecule has 1 rings (SSSR count). The minimum Gasteiger partial charge on any atom is -0.379 e. The second-order valence-corrected chi connectivity index (χ2v) is 6.58. The van der Waals surface area contributed by atoms with Gasteiger partial charge in [-0.2, -0.15) is 0 Å². The molecular weight excluding hydrogens is 240 g/mol. The van der Waals surface area contributed by atoms with Gasteiger partial charge in [-0.05, 0) is 17.8 Å². The van der Waals surface area contributed by atoms with Gasteiger partial charge >= 0.3 is 0 Å². The summed E-state index contributed by atoms with van der Waals surface area (Å²) >= 11 is 0. The Labute approximate surface area is 117 Å². The van der Waals surface area contributed by atoms with E-state index in [2.05, 4.69) is 46.9 Å². The molecule has 2 unspecified atom stereocenters. The second-order valence-electron chi connectivity index (χ2n) is 6.58. The fraction of sp³-hybridized carbons (Fsp3) is 0.933. The molecule has 1 N–H and O–H groups in total. The van der Waals surface area contributed by atoms with Crippen molar-refractivity contribution < 1.29 is 9.53 Å². The van der Waals surface area contributed by atoms with Crippen LogP contribution in [0.2, 0.25) is 0 Å². The van der Waals surface area contributed by atoms with Crippen molar-refractivity contribution in [2.45, 2.75) is 53.8 Å². The molecule has 0 aliphatic carbocycles. The first-order chi connectivity index (χ1) is 8.84. The maximum absolute atomic E-state index is 12.4. The molecule has 112 valence electrons. The van der Waals surface area contributed by atoms with Crippen molar-refractivity contribution in [2.75, 3.05) is 19.8 Å². The van der Waals surface area contributed by atoms with Gasteiger partial charge < -0.3 is 9.64 Å². The third-order valence-electron chi connectivity index (χ3n) is 3.46. The van der Waals surface area contributed by atoms with E-state index in [0.717, 1.165) is 6.61 Å². The Morgan fingerprint density at radius 2 is 1.79 bits per heavy atom. The molecule has 1 saturated heterocycles. The summed E-state index contributed by atoms with van der Waals surface area (Å²) in [5.74, 6) is 1.51. The molecule has 4 nitrogen and oxygen atoms in total. The number of ether oxygens (including phenoxy) is 1. The van der Waals surface area contributed by atoms with Crippen molar-refractivity contribution in [1.82, 2.24) is 10.2 Å². The van der Waals surface area contributed by atoms with Crippen LogP contribution in [0, 0.1) is 17.8 Å². The second kappa shape index (κ2) is 7.25. The van der Waals surface area contributed by atoms with Crippen molar-refractivity contribution in [1.29, 1.82) is 0 Å². The lowest BCUT2D eigenvalue weighted by Gasteiger charge is -2.27. The Kier molecular flexibility index (Phi) is 6.27. The number of nitrogens with one attached hydrogen (secondary N) is 1. The first-order valence-electron chi connectivity index (χ1n) is 7.48. The highest BCUT2D eigenvalue weighted by atomic mass is 16.5. The van der Waals surface area contributed by atoms with Gasteiger partial charge in [0.1, 0.15) is 0 Å². The topological polar surface area (TPSA) is 41.6 Å². The minimum atomic E-state index is -0.0440. The Bertz CT molecular complexity index is 290. The van der Waals surface area contributed by atoms with Crippen molar-refractivity contribution in [3.63, 3.8) is 0 Å². The maximum atomic E-state index is 12.4. The van der Waals surface area contributed by atoms with Crippen LogP contribution in [0.25, 0.3) is 0 Å². The van der Waals surface area contributed by atoms with Crippen molar-refractivity contribution >= 4 is 5.91 Å². The first-order valence-corrected chi connectivity index (χ1v) is 7.48. The molecular formula is C15H30N2O2. The highest BCUT2D eigenvalue weighted by Gasteiger charge is 2.41. The first kappa shape index (κ1) is 16.4. The maximum Gasteiger partial charge on any atom is 0.241 e. The number of carbonyl (C=O) groups excluding carboxylic acids is 1. The van der Waals surface area contributed by atoms with E-state index >= 15 is 0 Å². The standard InChI is InChI=1S/C15H30N2O2/c1-10(2)9-19-8-7-17-14(12(5)6)16-13(11(3)4)15(17)18/h10-14,16H,7-9H2,1-6H3. The highest BCUT2D eigenvalue weighted by molar-refractivity contribution is 5.84. The molecule has 1 aliphatic heterocycles. The minimum absolute atomic E-state index is 0.0440. The van der Waals surface area contributed by atoms with E-state index in [1.807, 2.05) is 4.90 Å². The lowest BCUT2D eigenvalue weighted by Crippen LogP contribution is -2.43. The predicted octanol–water partition coefficient (Wildman–Crippen LogP) is 2.10. The Morgan fingerprint density at radius 1 is 1.16 bits per heavy atom. The van der Waals surface area contributed by atoms with E-state index in [9.17, 15) is 4.79 Å². The van der Waals surface area contributed by atoms with Gasteiger partial charge in [-0.25, -0.2) is 0 Å². The summed E-state index contributed by atoms with van der Waals surface area (Å²) in [5.41, 5.74) is 0. The quantitative estimate of drug-likeness (QED) is 0.720. The van der Waals surface area contributed by atoms with E-state index in [1.54, 1.807) is 0 Å².